The highest BCUT2D eigenvalue weighted by Gasteiger charge is 2.24. The molecule has 0 saturated heterocycles. The quantitative estimate of drug-likeness (QED) is 0.314. The summed E-state index contributed by atoms with van der Waals surface area (Å²) in [5.74, 6) is -1.46. The summed E-state index contributed by atoms with van der Waals surface area (Å²) in [7, 11) is 0. The van der Waals surface area contributed by atoms with Gasteiger partial charge in [-0.3, -0.25) is 9.59 Å². The number of thioether (sulfide) groups is 1. The van der Waals surface area contributed by atoms with E-state index >= 15 is 0 Å². The van der Waals surface area contributed by atoms with Crippen LogP contribution >= 0.6 is 11.8 Å². The van der Waals surface area contributed by atoms with Crippen LogP contribution in [0.2, 0.25) is 0 Å². The highest BCUT2D eigenvalue weighted by molar-refractivity contribution is 7.98. The summed E-state index contributed by atoms with van der Waals surface area (Å²) in [5.41, 5.74) is 6.67. The van der Waals surface area contributed by atoms with E-state index in [4.69, 9.17) is 15.2 Å². The summed E-state index contributed by atoms with van der Waals surface area (Å²) in [6, 6.07) is -0.969. The number of hydrogen-bond acceptors (Lipinski definition) is 10. The summed E-state index contributed by atoms with van der Waals surface area (Å²) >= 11 is 1.37. The van der Waals surface area contributed by atoms with Crippen LogP contribution in [0.4, 0.5) is 5.95 Å². The SMILES string of the molecule is CCOC(=O)CC[C@H](NC(=O)Cn1cnc2c(SC)nc(N)nc21)C(=O)OCC. The molecule has 0 aliphatic rings. The highest BCUT2D eigenvalue weighted by Crippen LogP contribution is 2.22. The minimum Gasteiger partial charge on any atom is -0.466 e. The molecule has 0 saturated carbocycles. The number of imidazole rings is 1. The molecule has 158 valence electrons. The van der Waals surface area contributed by atoms with Crippen molar-refractivity contribution in [3.8, 4) is 0 Å². The van der Waals surface area contributed by atoms with Gasteiger partial charge in [0, 0.05) is 6.42 Å². The number of nitrogens with one attached hydrogen (secondary N) is 1. The average Bonchev–Trinajstić information content (AvgIpc) is 3.07. The van der Waals surface area contributed by atoms with Gasteiger partial charge in [-0.05, 0) is 26.5 Å². The number of rotatable bonds is 10. The maximum absolute atomic E-state index is 12.5. The first-order valence-corrected chi connectivity index (χ1v) is 10.3. The van der Waals surface area contributed by atoms with Crippen LogP contribution in [-0.4, -0.2) is 62.9 Å². The largest absolute Gasteiger partial charge is 0.466 e. The standard InChI is InChI=1S/C17H24N6O5S/c1-4-27-12(25)7-6-10(16(26)28-5-2)20-11(24)8-23-9-19-13-14(23)21-17(18)22-15(13)29-3/h9-10H,4-8H2,1-3H3,(H,20,24)(H2,18,21,22)/t10-/m0/s1. The fourth-order valence-electron chi connectivity index (χ4n) is 2.57. The molecule has 2 aromatic heterocycles. The van der Waals surface area contributed by atoms with Gasteiger partial charge >= 0.3 is 11.9 Å². The molecule has 0 bridgehead atoms. The average molecular weight is 424 g/mol. The van der Waals surface area contributed by atoms with E-state index in [0.717, 1.165) is 0 Å². The first-order valence-electron chi connectivity index (χ1n) is 9.03. The number of amides is 1. The lowest BCUT2D eigenvalue weighted by atomic mass is 10.1. The zero-order valence-electron chi connectivity index (χ0n) is 16.5. The van der Waals surface area contributed by atoms with Crippen molar-refractivity contribution < 1.29 is 23.9 Å². The van der Waals surface area contributed by atoms with Gasteiger partial charge in [-0.25, -0.2) is 14.8 Å². The Morgan fingerprint density at radius 1 is 1.24 bits per heavy atom. The second-order valence-electron chi connectivity index (χ2n) is 5.85. The maximum Gasteiger partial charge on any atom is 0.328 e. The number of aromatic nitrogens is 4. The third-order valence-corrected chi connectivity index (χ3v) is 4.48. The van der Waals surface area contributed by atoms with Crippen LogP contribution in [0.5, 0.6) is 0 Å². The zero-order valence-corrected chi connectivity index (χ0v) is 17.3. The zero-order chi connectivity index (χ0) is 21.4. The molecule has 11 nitrogen and oxygen atoms in total. The first-order chi connectivity index (χ1) is 13.9. The molecule has 29 heavy (non-hydrogen) atoms. The van der Waals surface area contributed by atoms with Crippen molar-refractivity contribution in [2.45, 2.75) is 44.3 Å². The molecule has 0 spiro atoms. The monoisotopic (exact) mass is 424 g/mol. The fourth-order valence-corrected chi connectivity index (χ4v) is 3.10. The van der Waals surface area contributed by atoms with Gasteiger partial charge < -0.3 is 25.1 Å². The molecular weight excluding hydrogens is 400 g/mol. The van der Waals surface area contributed by atoms with E-state index in [-0.39, 0.29) is 38.5 Å². The van der Waals surface area contributed by atoms with Gasteiger partial charge in [-0.15, -0.1) is 11.8 Å². The van der Waals surface area contributed by atoms with Crippen LogP contribution in [0, 0.1) is 0 Å². The Labute approximate surface area is 171 Å². The van der Waals surface area contributed by atoms with E-state index in [1.807, 2.05) is 6.26 Å². The van der Waals surface area contributed by atoms with Crippen LogP contribution in [0.1, 0.15) is 26.7 Å². The first kappa shape index (κ1) is 22.4. The van der Waals surface area contributed by atoms with Crippen molar-refractivity contribution in [3.05, 3.63) is 6.33 Å². The Bertz CT molecular complexity index is 887. The topological polar surface area (TPSA) is 151 Å². The Kier molecular flexibility index (Phi) is 8.19. The van der Waals surface area contributed by atoms with Crippen LogP contribution in [0.25, 0.3) is 11.2 Å². The highest BCUT2D eigenvalue weighted by atomic mass is 32.2. The number of carbonyl (C=O) groups excluding carboxylic acids is 3. The van der Waals surface area contributed by atoms with E-state index in [2.05, 4.69) is 20.3 Å². The number of nitrogens with zero attached hydrogens (tertiary/aromatic N) is 4. The van der Waals surface area contributed by atoms with E-state index in [1.54, 1.807) is 13.8 Å². The van der Waals surface area contributed by atoms with Gasteiger partial charge in [-0.1, -0.05) is 0 Å². The second kappa shape index (κ2) is 10.6. The number of anilines is 1. The number of nitrogen functional groups attached to an aromatic ring is 1. The molecule has 1 amide bonds. The Balaban J connectivity index is 2.11. The predicted molar refractivity (Wildman–Crippen MR) is 106 cm³/mol. The van der Waals surface area contributed by atoms with Crippen LogP contribution in [0.3, 0.4) is 0 Å². The smallest absolute Gasteiger partial charge is 0.328 e. The summed E-state index contributed by atoms with van der Waals surface area (Å²) in [5, 5.41) is 3.20. The fraction of sp³-hybridized carbons (Fsp3) is 0.529. The van der Waals surface area contributed by atoms with Crippen molar-refractivity contribution >= 4 is 46.7 Å². The number of esters is 2. The molecule has 3 N–H and O–H groups in total. The number of carbonyl (C=O) groups is 3. The molecule has 12 heteroatoms. The molecule has 2 rings (SSSR count). The predicted octanol–water partition coefficient (Wildman–Crippen LogP) is 0.522. The van der Waals surface area contributed by atoms with E-state index in [9.17, 15) is 14.4 Å². The van der Waals surface area contributed by atoms with Gasteiger partial charge in [0.05, 0.1) is 19.5 Å². The number of fused-ring (bicyclic) bond motifs is 1. The third kappa shape index (κ3) is 6.04. The van der Waals surface area contributed by atoms with Gasteiger partial charge in [-0.2, -0.15) is 4.98 Å². The minimum absolute atomic E-state index is 0.0214. The molecule has 0 fully saturated rings. The van der Waals surface area contributed by atoms with Gasteiger partial charge in [0.25, 0.3) is 0 Å². The van der Waals surface area contributed by atoms with Gasteiger partial charge in [0.15, 0.2) is 5.65 Å². The molecule has 2 aromatic rings. The normalized spacial score (nSPS) is 11.8. The van der Waals surface area contributed by atoms with Gasteiger partial charge in [0.2, 0.25) is 11.9 Å². The molecule has 0 unspecified atom stereocenters. The summed E-state index contributed by atoms with van der Waals surface area (Å²) in [6.07, 6.45) is 3.34. The molecule has 1 atom stereocenters. The summed E-state index contributed by atoms with van der Waals surface area (Å²) in [4.78, 5) is 48.7. The van der Waals surface area contributed by atoms with Crippen molar-refractivity contribution in [1.82, 2.24) is 24.8 Å². The number of hydrogen-bond donors (Lipinski definition) is 2. The second-order valence-corrected chi connectivity index (χ2v) is 6.65. The minimum atomic E-state index is -0.969. The molecule has 2 heterocycles. The van der Waals surface area contributed by atoms with Crippen LogP contribution in [-0.2, 0) is 30.4 Å². The molecular formula is C17H24N6O5S. The molecule has 0 aliphatic heterocycles. The lowest BCUT2D eigenvalue weighted by Crippen LogP contribution is -2.43. The summed E-state index contributed by atoms with van der Waals surface area (Å²) in [6.45, 7) is 3.61. The van der Waals surface area contributed by atoms with Crippen molar-refractivity contribution in [2.24, 2.45) is 0 Å². The van der Waals surface area contributed by atoms with Crippen LogP contribution < -0.4 is 11.1 Å². The lowest BCUT2D eigenvalue weighted by molar-refractivity contribution is -0.148. The Morgan fingerprint density at radius 2 is 1.97 bits per heavy atom. The van der Waals surface area contributed by atoms with Crippen LogP contribution in [0.15, 0.2) is 11.4 Å². The Morgan fingerprint density at radius 3 is 2.62 bits per heavy atom. The maximum atomic E-state index is 12.5. The molecule has 0 aromatic carbocycles. The third-order valence-electron chi connectivity index (χ3n) is 3.81. The number of ether oxygens (including phenoxy) is 2. The van der Waals surface area contributed by atoms with E-state index < -0.39 is 23.9 Å². The Hall–Kier alpha value is -2.89. The number of nitrogens with two attached hydrogens (primary N) is 1. The van der Waals surface area contributed by atoms with E-state index in [1.165, 1.54) is 22.7 Å². The summed E-state index contributed by atoms with van der Waals surface area (Å²) < 4.78 is 11.4. The van der Waals surface area contributed by atoms with Crippen molar-refractivity contribution in [1.29, 1.82) is 0 Å². The molecule has 0 radical (unpaired) electrons. The van der Waals surface area contributed by atoms with E-state index in [0.29, 0.717) is 16.2 Å². The van der Waals surface area contributed by atoms with Crippen molar-refractivity contribution in [2.75, 3.05) is 25.2 Å². The lowest BCUT2D eigenvalue weighted by Gasteiger charge is -2.17. The molecule has 0 aliphatic carbocycles. The van der Waals surface area contributed by atoms with Gasteiger partial charge in [0.1, 0.15) is 23.1 Å². The van der Waals surface area contributed by atoms with Crippen molar-refractivity contribution in [3.63, 3.8) is 0 Å².